The van der Waals surface area contributed by atoms with Crippen LogP contribution in [-0.2, 0) is 20.9 Å². The third kappa shape index (κ3) is 8.45. The van der Waals surface area contributed by atoms with E-state index in [1.807, 2.05) is 42.2 Å². The first-order chi connectivity index (χ1) is 30.4. The minimum absolute atomic E-state index is 0.0110. The number of anilines is 1. The Labute approximate surface area is 367 Å². The molecule has 2 bridgehead atoms. The van der Waals surface area contributed by atoms with Crippen molar-refractivity contribution in [2.75, 3.05) is 44.2 Å². The van der Waals surface area contributed by atoms with E-state index in [0.29, 0.717) is 55.2 Å². The molecule has 6 aliphatic heterocycles. The summed E-state index contributed by atoms with van der Waals surface area (Å²) in [4.78, 5) is 74.3. The molecule has 5 saturated heterocycles. The number of likely N-dealkylation sites (tertiary alicyclic amines) is 3. The summed E-state index contributed by atoms with van der Waals surface area (Å²) in [5.74, 6) is -1.49. The number of imide groups is 2. The molecule has 0 radical (unpaired) electrons. The number of nitrogens with one attached hydrogen (secondary N) is 2. The minimum atomic E-state index is -1.02. The van der Waals surface area contributed by atoms with Crippen LogP contribution in [0.5, 0.6) is 5.75 Å². The van der Waals surface area contributed by atoms with Gasteiger partial charge in [-0.05, 0) is 105 Å². The van der Waals surface area contributed by atoms with Crippen molar-refractivity contribution < 1.29 is 28.7 Å². The Morgan fingerprint density at radius 1 is 0.810 bits per heavy atom. The first kappa shape index (κ1) is 42.0. The van der Waals surface area contributed by atoms with Gasteiger partial charge in [0.1, 0.15) is 17.9 Å². The lowest BCUT2D eigenvalue weighted by molar-refractivity contribution is -0.139. The summed E-state index contributed by atoms with van der Waals surface area (Å²) in [6, 6.07) is 21.2. The van der Waals surface area contributed by atoms with Gasteiger partial charge in [-0.2, -0.15) is 0 Å². The number of fused-ring (bicyclic) bond motifs is 3. The number of hydrogen-bond donors (Lipinski definition) is 3. The molecule has 6 N–H and O–H groups in total. The fourth-order valence-electron chi connectivity index (χ4n) is 10.6. The molecule has 5 amide bonds. The quantitative estimate of drug-likeness (QED) is 0.192. The van der Waals surface area contributed by atoms with Crippen LogP contribution in [0.15, 0.2) is 84.3 Å². The predicted octanol–water partition coefficient (Wildman–Crippen LogP) is 4.51. The van der Waals surface area contributed by atoms with Crippen LogP contribution in [0.1, 0.15) is 88.8 Å². The van der Waals surface area contributed by atoms with E-state index in [2.05, 4.69) is 44.3 Å². The molecule has 15 nitrogen and oxygen atoms in total. The standard InChI is InChI=1S/C48H57N9O6/c1-29-5-2-3-8-37(29)40(49)25-42(44(50)51)55-27-33-9-10-34(28-55)56(33)32-7-4-6-30(23-32)26-53-19-15-31(16-20-53)46(60)54-21-17-35(18-22-54)63-36-11-12-38-39(24-36)48(62)57(47(38)61)41-13-14-43(58)52-45(41)59/h2-8,11-12,23-25,31,33-35,41H,9-10,13-22,26-28H2,1H3,(H7,49,50,51,52,58,59,61,62)/p-1. The highest BCUT2D eigenvalue weighted by molar-refractivity contribution is 6.23. The fourth-order valence-corrected chi connectivity index (χ4v) is 10.6. The average molecular weight is 855 g/mol. The van der Waals surface area contributed by atoms with Crippen molar-refractivity contribution in [1.82, 2.24) is 24.9 Å². The molecule has 3 aromatic carbocycles. The van der Waals surface area contributed by atoms with E-state index >= 15 is 0 Å². The monoisotopic (exact) mass is 854 g/mol. The Bertz CT molecular complexity index is 2360. The van der Waals surface area contributed by atoms with Gasteiger partial charge in [-0.1, -0.05) is 36.4 Å². The highest BCUT2D eigenvalue weighted by atomic mass is 16.5. The number of aryl methyl sites for hydroxylation is 1. The van der Waals surface area contributed by atoms with E-state index in [4.69, 9.17) is 21.9 Å². The smallest absolute Gasteiger partial charge is 0.262 e. The molecule has 9 rings (SSSR count). The van der Waals surface area contributed by atoms with Gasteiger partial charge in [-0.25, -0.2) is 0 Å². The average Bonchev–Trinajstić information content (AvgIpc) is 3.69. The molecule has 5 fully saturated rings. The second kappa shape index (κ2) is 17.4. The normalized spacial score (nSPS) is 24.1. The number of amides is 5. The SMILES string of the molecule is Cc1ccccc1/C(N)=C/C(=C(/[NH-])N)N1CC2CCC(C1)N2c1cccc(CN2CCC(C(=O)N3CCC(Oc4ccc5c(c4)C(=O)N(C4CCC(=O)NC4=O)C5=O)CC3)CC2)c1. The number of carbonyl (C=O) groups excluding carboxylic acids is 5. The largest absolute Gasteiger partial charge is 0.493 e. The molecule has 330 valence electrons. The summed E-state index contributed by atoms with van der Waals surface area (Å²) in [6.07, 6.45) is 6.97. The van der Waals surface area contributed by atoms with Crippen molar-refractivity contribution in [3.8, 4) is 5.75 Å². The predicted molar refractivity (Wildman–Crippen MR) is 238 cm³/mol. The lowest BCUT2D eigenvalue weighted by Gasteiger charge is -2.44. The molecule has 0 spiro atoms. The Balaban J connectivity index is 0.743. The molecule has 63 heavy (non-hydrogen) atoms. The first-order valence-corrected chi connectivity index (χ1v) is 22.3. The van der Waals surface area contributed by atoms with E-state index in [9.17, 15) is 24.0 Å². The first-order valence-electron chi connectivity index (χ1n) is 22.3. The number of allylic oxidation sites excluding steroid dienone is 1. The van der Waals surface area contributed by atoms with Gasteiger partial charge < -0.3 is 36.6 Å². The van der Waals surface area contributed by atoms with Crippen molar-refractivity contribution in [2.45, 2.75) is 89.1 Å². The molecular formula is C48H56N9O6-. The molecular weight excluding hydrogens is 799 g/mol. The number of piperazine rings is 1. The van der Waals surface area contributed by atoms with Gasteiger partial charge in [0.25, 0.3) is 11.8 Å². The van der Waals surface area contributed by atoms with Gasteiger partial charge in [0.2, 0.25) is 17.7 Å². The number of nitrogens with zero attached hydrogens (tertiary/aromatic N) is 5. The number of rotatable bonds is 10. The maximum atomic E-state index is 13.7. The third-order valence-corrected chi connectivity index (χ3v) is 13.9. The summed E-state index contributed by atoms with van der Waals surface area (Å²) >= 11 is 0. The molecule has 0 aromatic heterocycles. The molecule has 3 unspecified atom stereocenters. The lowest BCUT2D eigenvalue weighted by atomic mass is 9.93. The van der Waals surface area contributed by atoms with Gasteiger partial charge in [0.15, 0.2) is 0 Å². The van der Waals surface area contributed by atoms with Gasteiger partial charge in [0, 0.05) is 92.6 Å². The molecule has 0 saturated carbocycles. The second-order valence-corrected chi connectivity index (χ2v) is 17.9. The zero-order valence-electron chi connectivity index (χ0n) is 35.8. The molecule has 6 heterocycles. The number of carbonyl (C=O) groups is 5. The summed E-state index contributed by atoms with van der Waals surface area (Å²) in [6.45, 7) is 7.29. The van der Waals surface area contributed by atoms with Crippen LogP contribution in [0.2, 0.25) is 0 Å². The lowest BCUT2D eigenvalue weighted by Crippen LogP contribution is -2.54. The summed E-state index contributed by atoms with van der Waals surface area (Å²) in [5.41, 5.74) is 27.4. The number of ether oxygens (including phenoxy) is 1. The van der Waals surface area contributed by atoms with Crippen LogP contribution in [0.3, 0.4) is 0 Å². The van der Waals surface area contributed by atoms with E-state index in [-0.39, 0.29) is 47.7 Å². The highest BCUT2D eigenvalue weighted by Crippen LogP contribution is 2.38. The van der Waals surface area contributed by atoms with Crippen LogP contribution < -0.4 is 26.4 Å². The van der Waals surface area contributed by atoms with E-state index < -0.39 is 29.7 Å². The number of hydrogen-bond acceptors (Lipinski definition) is 11. The maximum Gasteiger partial charge on any atom is 0.262 e. The van der Waals surface area contributed by atoms with Crippen molar-refractivity contribution >= 4 is 40.9 Å². The molecule has 15 heteroatoms. The number of piperidine rings is 3. The molecule has 6 aliphatic rings. The van der Waals surface area contributed by atoms with Crippen LogP contribution >= 0.6 is 0 Å². The Hall–Kier alpha value is -6.35. The highest BCUT2D eigenvalue weighted by Gasteiger charge is 2.45. The van der Waals surface area contributed by atoms with Crippen LogP contribution in [-0.4, -0.2) is 113 Å². The Morgan fingerprint density at radius 2 is 1.52 bits per heavy atom. The van der Waals surface area contributed by atoms with Gasteiger partial charge >= 0.3 is 0 Å². The van der Waals surface area contributed by atoms with Crippen molar-refractivity contribution in [2.24, 2.45) is 17.4 Å². The van der Waals surface area contributed by atoms with Crippen LogP contribution in [0.4, 0.5) is 5.69 Å². The van der Waals surface area contributed by atoms with Crippen molar-refractivity contribution in [3.63, 3.8) is 0 Å². The zero-order chi connectivity index (χ0) is 43.9. The number of nitrogens with two attached hydrogens (primary N) is 2. The van der Waals surface area contributed by atoms with Gasteiger partial charge in [-0.15, -0.1) is 0 Å². The summed E-state index contributed by atoms with van der Waals surface area (Å²) < 4.78 is 6.26. The maximum absolute atomic E-state index is 13.7. The van der Waals surface area contributed by atoms with Crippen LogP contribution in [0.25, 0.3) is 11.4 Å². The fraction of sp³-hybridized carbons (Fsp3) is 0.438. The minimum Gasteiger partial charge on any atom is -0.493 e. The van der Waals surface area contributed by atoms with Gasteiger partial charge in [0.05, 0.1) is 11.1 Å². The molecule has 3 aromatic rings. The zero-order valence-corrected chi connectivity index (χ0v) is 35.8. The molecule has 0 aliphatic carbocycles. The van der Waals surface area contributed by atoms with Crippen molar-refractivity contribution in [1.29, 1.82) is 0 Å². The van der Waals surface area contributed by atoms with E-state index in [1.165, 1.54) is 11.3 Å². The van der Waals surface area contributed by atoms with E-state index in [0.717, 1.165) is 74.4 Å². The third-order valence-electron chi connectivity index (χ3n) is 13.9. The number of benzene rings is 3. The summed E-state index contributed by atoms with van der Waals surface area (Å²) in [7, 11) is 0. The molecule has 3 atom stereocenters. The second-order valence-electron chi connectivity index (χ2n) is 17.9. The summed E-state index contributed by atoms with van der Waals surface area (Å²) in [5, 5.41) is 2.22. The topological polar surface area (TPSA) is 199 Å². The van der Waals surface area contributed by atoms with Crippen LogP contribution in [0, 0.1) is 12.8 Å². The van der Waals surface area contributed by atoms with Crippen molar-refractivity contribution in [3.05, 3.63) is 118 Å². The Kier molecular flexibility index (Phi) is 11.6. The van der Waals surface area contributed by atoms with Gasteiger partial charge in [-0.3, -0.25) is 39.1 Å². The van der Waals surface area contributed by atoms with E-state index in [1.54, 1.807) is 18.2 Å². The Morgan fingerprint density at radius 3 is 2.22 bits per heavy atom.